The Hall–Kier alpha value is -0.0251. The zero-order valence-corrected chi connectivity index (χ0v) is 16.8. The second-order valence-electron chi connectivity index (χ2n) is 5.48. The minimum atomic E-state index is -4.84. The van der Waals surface area contributed by atoms with E-state index in [1.54, 1.807) is 14.8 Å². The summed E-state index contributed by atoms with van der Waals surface area (Å²) in [5.41, 5.74) is -0.983. The molecule has 1 heterocycles. The SMILES string of the molecule is BC1CC(P(=O)(O)O)C(COPC(C#CC)(C=CC)OP(=O)(O)O)O1. The molecule has 142 valence electrons. The molecule has 0 aromatic heterocycles. The fraction of sp³-hybridized carbons (Fsp3) is 0.667. The van der Waals surface area contributed by atoms with Gasteiger partial charge in [0.25, 0.3) is 0 Å². The van der Waals surface area contributed by atoms with Crippen LogP contribution in [-0.2, 0) is 22.9 Å². The molecule has 4 N–H and O–H groups in total. The Bertz CT molecular complexity index is 633. The van der Waals surface area contributed by atoms with E-state index in [1.807, 2.05) is 0 Å². The normalized spacial score (nSPS) is 27.5. The van der Waals surface area contributed by atoms with Gasteiger partial charge in [0.2, 0.25) is 0 Å². The molecule has 0 aliphatic carbocycles. The van der Waals surface area contributed by atoms with Gasteiger partial charge in [-0.1, -0.05) is 12.0 Å². The van der Waals surface area contributed by atoms with Crippen molar-refractivity contribution >= 4 is 32.1 Å². The fourth-order valence-electron chi connectivity index (χ4n) is 2.45. The molecule has 0 spiro atoms. The smallest absolute Gasteiger partial charge is 0.381 e. The van der Waals surface area contributed by atoms with Gasteiger partial charge >= 0.3 is 15.4 Å². The van der Waals surface area contributed by atoms with Crippen molar-refractivity contribution in [2.24, 2.45) is 0 Å². The molecule has 5 atom stereocenters. The van der Waals surface area contributed by atoms with Gasteiger partial charge in [-0.25, -0.2) is 4.57 Å². The second kappa shape index (κ2) is 9.26. The van der Waals surface area contributed by atoms with Crippen LogP contribution in [0.5, 0.6) is 0 Å². The van der Waals surface area contributed by atoms with Crippen LogP contribution in [0, 0.1) is 11.8 Å². The number of hydrogen-bond acceptors (Lipinski definition) is 5. The summed E-state index contributed by atoms with van der Waals surface area (Å²) in [6.07, 6.45) is 2.26. The Kier molecular flexibility index (Phi) is 8.52. The molecule has 0 radical (unpaired) electrons. The summed E-state index contributed by atoms with van der Waals surface area (Å²) in [7, 11) is -8.12. The van der Waals surface area contributed by atoms with Crippen LogP contribution in [0.1, 0.15) is 20.3 Å². The zero-order chi connectivity index (χ0) is 19.3. The number of ether oxygens (including phenoxy) is 1. The van der Waals surface area contributed by atoms with E-state index < -0.39 is 41.3 Å². The second-order valence-corrected chi connectivity index (χ2v) is 9.72. The lowest BCUT2D eigenvalue weighted by molar-refractivity contribution is 0.0523. The van der Waals surface area contributed by atoms with Gasteiger partial charge in [-0.15, -0.1) is 5.92 Å². The standard InChI is InChI=1S/C12H22BO9P3/c1-3-5-12(6-4-2,22-25(17,18)19)23-20-8-9-10(24(14,15)16)7-11(13)21-9/h3,5,9-11,23H,7-8,13H2,1-2H3,(H2,14,15,16)(H2,17,18,19). The largest absolute Gasteiger partial charge is 0.471 e. The van der Waals surface area contributed by atoms with Gasteiger partial charge in [-0.2, -0.15) is 0 Å². The van der Waals surface area contributed by atoms with Crippen LogP contribution in [0.3, 0.4) is 0 Å². The molecule has 1 fully saturated rings. The molecule has 1 rings (SSSR count). The quantitative estimate of drug-likeness (QED) is 0.191. The van der Waals surface area contributed by atoms with Crippen molar-refractivity contribution in [1.29, 1.82) is 0 Å². The fourth-order valence-corrected chi connectivity index (χ4v) is 5.47. The van der Waals surface area contributed by atoms with Crippen molar-refractivity contribution < 1.29 is 42.5 Å². The van der Waals surface area contributed by atoms with Gasteiger partial charge in [-0.3, -0.25) is 9.09 Å². The molecule has 0 aromatic carbocycles. The molecule has 0 amide bonds. The van der Waals surface area contributed by atoms with E-state index in [0.29, 0.717) is 0 Å². The summed E-state index contributed by atoms with van der Waals surface area (Å²) in [5, 5.41) is -1.65. The van der Waals surface area contributed by atoms with E-state index in [4.69, 9.17) is 23.6 Å². The summed E-state index contributed by atoms with van der Waals surface area (Å²) < 4.78 is 38.5. The monoisotopic (exact) mass is 414 g/mol. The van der Waals surface area contributed by atoms with Gasteiger partial charge in [0, 0.05) is 6.00 Å². The van der Waals surface area contributed by atoms with E-state index >= 15 is 0 Å². The van der Waals surface area contributed by atoms with Crippen molar-refractivity contribution in [2.75, 3.05) is 6.61 Å². The Balaban J connectivity index is 2.84. The maximum Gasteiger partial charge on any atom is 0.471 e. The Morgan fingerprint density at radius 2 is 2.04 bits per heavy atom. The maximum atomic E-state index is 11.5. The third-order valence-electron chi connectivity index (χ3n) is 3.29. The van der Waals surface area contributed by atoms with E-state index in [0.717, 1.165) is 0 Å². The summed E-state index contributed by atoms with van der Waals surface area (Å²) >= 11 is 0. The highest BCUT2D eigenvalue weighted by Crippen LogP contribution is 2.51. The summed E-state index contributed by atoms with van der Waals surface area (Å²) in [6, 6.07) is -0.323. The van der Waals surface area contributed by atoms with Crippen molar-refractivity contribution in [2.45, 2.75) is 43.4 Å². The lowest BCUT2D eigenvalue weighted by Crippen LogP contribution is -2.28. The summed E-state index contributed by atoms with van der Waals surface area (Å²) in [6.45, 7) is 2.95. The first-order valence-corrected chi connectivity index (χ1v) is 11.5. The van der Waals surface area contributed by atoms with Crippen LogP contribution in [0.25, 0.3) is 0 Å². The zero-order valence-electron chi connectivity index (χ0n) is 14.0. The maximum absolute atomic E-state index is 11.5. The Labute approximate surface area is 149 Å². The van der Waals surface area contributed by atoms with Crippen molar-refractivity contribution in [3.63, 3.8) is 0 Å². The van der Waals surface area contributed by atoms with Crippen molar-refractivity contribution in [3.8, 4) is 11.8 Å². The molecular weight excluding hydrogens is 392 g/mol. The summed E-state index contributed by atoms with van der Waals surface area (Å²) in [4.78, 5) is 37.0. The van der Waals surface area contributed by atoms with Gasteiger partial charge in [0.05, 0.1) is 27.2 Å². The highest BCUT2D eigenvalue weighted by atomic mass is 31.2. The highest BCUT2D eigenvalue weighted by molar-refractivity contribution is 7.52. The predicted octanol–water partition coefficient (Wildman–Crippen LogP) is 0.296. The molecule has 1 aliphatic heterocycles. The van der Waals surface area contributed by atoms with Gasteiger partial charge in [-0.05, 0) is 26.3 Å². The third-order valence-corrected chi connectivity index (χ3v) is 6.40. The number of rotatable bonds is 8. The number of phosphoric ester groups is 1. The van der Waals surface area contributed by atoms with Crippen LogP contribution in [0.15, 0.2) is 12.2 Å². The molecule has 9 nitrogen and oxygen atoms in total. The van der Waals surface area contributed by atoms with Crippen molar-refractivity contribution in [3.05, 3.63) is 12.2 Å². The van der Waals surface area contributed by atoms with Crippen LogP contribution in [0.4, 0.5) is 0 Å². The number of allylic oxidation sites excluding steroid dienone is 1. The predicted molar refractivity (Wildman–Crippen MR) is 96.0 cm³/mol. The number of hydrogen-bond donors (Lipinski definition) is 4. The molecule has 1 saturated heterocycles. The van der Waals surface area contributed by atoms with E-state index in [1.165, 1.54) is 19.1 Å². The van der Waals surface area contributed by atoms with Gasteiger partial charge in [0.1, 0.15) is 7.85 Å². The van der Waals surface area contributed by atoms with E-state index in [9.17, 15) is 18.9 Å². The molecule has 25 heavy (non-hydrogen) atoms. The lowest BCUT2D eigenvalue weighted by Gasteiger charge is -2.26. The molecular formula is C12H22BO9P3. The van der Waals surface area contributed by atoms with Gasteiger partial charge < -0.3 is 28.8 Å². The lowest BCUT2D eigenvalue weighted by atomic mass is 9.97. The highest BCUT2D eigenvalue weighted by Gasteiger charge is 2.44. The van der Waals surface area contributed by atoms with E-state index in [2.05, 4.69) is 11.8 Å². The third kappa shape index (κ3) is 7.62. The first-order valence-electron chi connectivity index (χ1n) is 7.36. The van der Waals surface area contributed by atoms with Crippen molar-refractivity contribution in [1.82, 2.24) is 0 Å². The topological polar surface area (TPSA) is 143 Å². The van der Waals surface area contributed by atoms with Crippen LogP contribution >= 0.6 is 24.2 Å². The Morgan fingerprint density at radius 3 is 2.52 bits per heavy atom. The number of phosphoric acid groups is 1. The average Bonchev–Trinajstić information content (AvgIpc) is 2.78. The minimum absolute atomic E-state index is 0.159. The van der Waals surface area contributed by atoms with E-state index in [-0.39, 0.29) is 19.0 Å². The Morgan fingerprint density at radius 1 is 1.40 bits per heavy atom. The first-order chi connectivity index (χ1) is 11.4. The van der Waals surface area contributed by atoms with Crippen LogP contribution in [-0.4, -0.2) is 57.1 Å². The van der Waals surface area contributed by atoms with Gasteiger partial charge in [0.15, 0.2) is 5.34 Å². The molecule has 0 saturated carbocycles. The minimum Gasteiger partial charge on any atom is -0.381 e. The molecule has 5 unspecified atom stereocenters. The summed E-state index contributed by atoms with van der Waals surface area (Å²) in [5.74, 6) is 5.11. The molecule has 0 bridgehead atoms. The molecule has 1 aliphatic rings. The van der Waals surface area contributed by atoms with Crippen LogP contribution in [0.2, 0.25) is 0 Å². The van der Waals surface area contributed by atoms with Crippen LogP contribution < -0.4 is 0 Å². The first kappa shape index (κ1) is 23.0. The average molecular weight is 414 g/mol. The molecule has 0 aromatic rings. The molecule has 13 heteroatoms.